The summed E-state index contributed by atoms with van der Waals surface area (Å²) in [6.45, 7) is 4.85. The minimum Gasteiger partial charge on any atom is -0.466 e. The van der Waals surface area contributed by atoms with Crippen LogP contribution in [0.4, 0.5) is 0 Å². The summed E-state index contributed by atoms with van der Waals surface area (Å²) in [7, 11) is 0. The maximum absolute atomic E-state index is 12.4. The summed E-state index contributed by atoms with van der Waals surface area (Å²) < 4.78 is 5.50. The number of unbranched alkanes of at least 4 members (excludes halogenated alkanes) is 40. The average Bonchev–Trinajstić information content (AvgIpc) is 3.36. The SMILES string of the molecule is CCCCC/C=C\C/C=C\CCCCCCCCCCCC(=O)OCCCCCCCCCCCCCC/C=C\CCCCCCCCCCCC(=O)NC(CO)C(O)/C=C/CCCCCCCCC. The molecule has 0 aliphatic heterocycles. The van der Waals surface area contributed by atoms with Crippen molar-refractivity contribution in [3.8, 4) is 0 Å². The van der Waals surface area contributed by atoms with Gasteiger partial charge >= 0.3 is 5.97 Å². The number of allylic oxidation sites excluding steroid dienone is 7. The Hall–Kier alpha value is -2.18. The van der Waals surface area contributed by atoms with Crippen molar-refractivity contribution in [2.75, 3.05) is 13.2 Å². The molecule has 3 N–H and O–H groups in total. The third-order valence-corrected chi connectivity index (χ3v) is 14.1. The number of aliphatic hydroxyl groups excluding tert-OH is 2. The topological polar surface area (TPSA) is 95.9 Å². The Morgan fingerprint density at radius 1 is 0.400 bits per heavy atom. The van der Waals surface area contributed by atoms with E-state index in [4.69, 9.17) is 4.74 Å². The first-order valence-electron chi connectivity index (χ1n) is 30.9. The Morgan fingerprint density at radius 2 is 0.714 bits per heavy atom. The molecule has 2 atom stereocenters. The van der Waals surface area contributed by atoms with Gasteiger partial charge in [0.05, 0.1) is 25.4 Å². The van der Waals surface area contributed by atoms with E-state index in [1.54, 1.807) is 6.08 Å². The molecule has 0 aliphatic rings. The number of carbonyl (C=O) groups is 2. The lowest BCUT2D eigenvalue weighted by molar-refractivity contribution is -0.143. The highest BCUT2D eigenvalue weighted by Crippen LogP contribution is 2.16. The van der Waals surface area contributed by atoms with E-state index >= 15 is 0 Å². The van der Waals surface area contributed by atoms with Gasteiger partial charge in [0.2, 0.25) is 5.91 Å². The number of nitrogens with one attached hydrogen (secondary N) is 1. The maximum atomic E-state index is 12.4. The van der Waals surface area contributed by atoms with Gasteiger partial charge in [-0.25, -0.2) is 0 Å². The van der Waals surface area contributed by atoms with Crippen LogP contribution in [0.2, 0.25) is 0 Å². The quantitative estimate of drug-likeness (QED) is 0.0321. The average molecular weight is 983 g/mol. The van der Waals surface area contributed by atoms with Crippen molar-refractivity contribution in [2.24, 2.45) is 0 Å². The fourth-order valence-corrected chi connectivity index (χ4v) is 9.31. The third-order valence-electron chi connectivity index (χ3n) is 14.1. The summed E-state index contributed by atoms with van der Waals surface area (Å²) in [5, 5.41) is 22.9. The summed E-state index contributed by atoms with van der Waals surface area (Å²) in [6, 6.07) is -0.628. The first kappa shape index (κ1) is 67.8. The van der Waals surface area contributed by atoms with Gasteiger partial charge in [-0.1, -0.05) is 268 Å². The molecule has 1 amide bonds. The van der Waals surface area contributed by atoms with Crippen LogP contribution in [0.25, 0.3) is 0 Å². The molecule has 0 fully saturated rings. The summed E-state index contributed by atoms with van der Waals surface area (Å²) in [5.74, 6) is -0.0652. The van der Waals surface area contributed by atoms with E-state index in [9.17, 15) is 19.8 Å². The van der Waals surface area contributed by atoms with E-state index in [2.05, 4.69) is 55.6 Å². The van der Waals surface area contributed by atoms with Gasteiger partial charge in [-0.15, -0.1) is 0 Å². The molecule has 0 radical (unpaired) electrons. The second-order valence-electron chi connectivity index (χ2n) is 21.0. The molecular formula is C64H119NO5. The Labute approximate surface area is 436 Å². The molecule has 6 nitrogen and oxygen atoms in total. The smallest absolute Gasteiger partial charge is 0.305 e. The fraction of sp³-hybridized carbons (Fsp3) is 0.844. The largest absolute Gasteiger partial charge is 0.466 e. The molecule has 0 aromatic heterocycles. The lowest BCUT2D eigenvalue weighted by Gasteiger charge is -2.20. The van der Waals surface area contributed by atoms with Crippen LogP contribution < -0.4 is 5.32 Å². The van der Waals surface area contributed by atoms with Crippen LogP contribution >= 0.6 is 0 Å². The van der Waals surface area contributed by atoms with Crippen molar-refractivity contribution >= 4 is 11.9 Å². The van der Waals surface area contributed by atoms with Crippen LogP contribution in [0.3, 0.4) is 0 Å². The molecule has 70 heavy (non-hydrogen) atoms. The number of ether oxygens (including phenoxy) is 1. The molecule has 2 unspecified atom stereocenters. The molecule has 0 rings (SSSR count). The standard InChI is InChI=1S/C64H119NO5/c1-3-5-7-9-11-13-14-15-16-17-25-29-32-35-38-42-46-50-54-58-64(69)70-59-55-51-47-43-39-36-33-30-27-24-22-20-18-19-21-23-26-28-31-34-37-41-45-49-53-57-63(68)65-61(60-66)62(67)56-52-48-44-40-12-10-8-6-4-2/h11,13,15-16,19,21,52,56,61-62,66-67H,3-10,12,14,17-18,20,22-51,53-55,57-60H2,1-2H3,(H,65,68)/b13-11-,16-15-,21-19-,56-52+. The number of rotatable bonds is 57. The first-order valence-corrected chi connectivity index (χ1v) is 30.9. The molecule has 0 spiro atoms. The molecule has 0 aromatic rings. The first-order chi connectivity index (χ1) is 34.5. The van der Waals surface area contributed by atoms with Crippen LogP contribution in [0.5, 0.6) is 0 Å². The molecule has 410 valence electrons. The molecule has 0 saturated carbocycles. The maximum Gasteiger partial charge on any atom is 0.305 e. The highest BCUT2D eigenvalue weighted by Gasteiger charge is 2.18. The van der Waals surface area contributed by atoms with Crippen LogP contribution in [0, 0.1) is 0 Å². The third kappa shape index (κ3) is 55.1. The predicted octanol–water partition coefficient (Wildman–Crippen LogP) is 19.4. The minimum absolute atomic E-state index is 0.00876. The number of amides is 1. The fourth-order valence-electron chi connectivity index (χ4n) is 9.31. The second kappa shape index (κ2) is 59.4. The monoisotopic (exact) mass is 982 g/mol. The highest BCUT2D eigenvalue weighted by atomic mass is 16.5. The van der Waals surface area contributed by atoms with Crippen LogP contribution in [0.15, 0.2) is 48.6 Å². The molecule has 0 saturated heterocycles. The van der Waals surface area contributed by atoms with Gasteiger partial charge in [0.25, 0.3) is 0 Å². The van der Waals surface area contributed by atoms with Crippen LogP contribution in [0.1, 0.15) is 322 Å². The molecular weight excluding hydrogens is 863 g/mol. The van der Waals surface area contributed by atoms with E-state index in [-0.39, 0.29) is 18.5 Å². The second-order valence-corrected chi connectivity index (χ2v) is 21.0. The van der Waals surface area contributed by atoms with Crippen molar-refractivity contribution < 1.29 is 24.5 Å². The van der Waals surface area contributed by atoms with E-state index in [0.717, 1.165) is 51.4 Å². The lowest BCUT2D eigenvalue weighted by atomic mass is 10.0. The summed E-state index contributed by atoms with van der Waals surface area (Å²) >= 11 is 0. The zero-order valence-corrected chi connectivity index (χ0v) is 46.7. The zero-order valence-electron chi connectivity index (χ0n) is 46.7. The minimum atomic E-state index is -0.844. The van der Waals surface area contributed by atoms with Crippen molar-refractivity contribution in [3.63, 3.8) is 0 Å². The van der Waals surface area contributed by atoms with Gasteiger partial charge in [-0.2, -0.15) is 0 Å². The Bertz CT molecular complexity index is 1180. The summed E-state index contributed by atoms with van der Waals surface area (Å²) in [6.07, 6.45) is 75.9. The van der Waals surface area contributed by atoms with Gasteiger partial charge in [-0.3, -0.25) is 9.59 Å². The number of esters is 1. The van der Waals surface area contributed by atoms with E-state index in [0.29, 0.717) is 19.4 Å². The van der Waals surface area contributed by atoms with E-state index in [1.165, 1.54) is 244 Å². The molecule has 0 aliphatic carbocycles. The van der Waals surface area contributed by atoms with E-state index in [1.807, 2.05) is 6.08 Å². The van der Waals surface area contributed by atoms with Crippen molar-refractivity contribution in [3.05, 3.63) is 48.6 Å². The molecule has 0 aromatic carbocycles. The van der Waals surface area contributed by atoms with Crippen molar-refractivity contribution in [2.45, 2.75) is 334 Å². The van der Waals surface area contributed by atoms with Gasteiger partial charge < -0.3 is 20.3 Å². The van der Waals surface area contributed by atoms with Gasteiger partial charge in [0.1, 0.15) is 0 Å². The number of hydrogen-bond acceptors (Lipinski definition) is 5. The molecule has 0 heterocycles. The van der Waals surface area contributed by atoms with Gasteiger partial charge in [0, 0.05) is 12.8 Å². The summed E-state index contributed by atoms with van der Waals surface area (Å²) in [4.78, 5) is 24.5. The number of carbonyl (C=O) groups excluding carboxylic acids is 2. The highest BCUT2D eigenvalue weighted by molar-refractivity contribution is 5.76. The zero-order chi connectivity index (χ0) is 50.7. The van der Waals surface area contributed by atoms with Crippen LogP contribution in [-0.2, 0) is 14.3 Å². The Balaban J connectivity index is 3.37. The number of aliphatic hydroxyl groups is 2. The predicted molar refractivity (Wildman–Crippen MR) is 306 cm³/mol. The number of hydrogen-bond donors (Lipinski definition) is 3. The Kier molecular flexibility index (Phi) is 57.5. The van der Waals surface area contributed by atoms with Crippen molar-refractivity contribution in [1.29, 1.82) is 0 Å². The Morgan fingerprint density at radius 3 is 1.13 bits per heavy atom. The normalized spacial score (nSPS) is 12.9. The van der Waals surface area contributed by atoms with Crippen LogP contribution in [-0.4, -0.2) is 47.4 Å². The van der Waals surface area contributed by atoms with Gasteiger partial charge in [-0.05, 0) is 89.9 Å². The van der Waals surface area contributed by atoms with Gasteiger partial charge in [0.15, 0.2) is 0 Å². The molecule has 0 bridgehead atoms. The van der Waals surface area contributed by atoms with E-state index < -0.39 is 12.1 Å². The lowest BCUT2D eigenvalue weighted by Crippen LogP contribution is -2.45. The summed E-state index contributed by atoms with van der Waals surface area (Å²) in [5.41, 5.74) is 0. The van der Waals surface area contributed by atoms with Crippen molar-refractivity contribution in [1.82, 2.24) is 5.32 Å². The molecule has 6 heteroatoms.